The number of carboxylic acid groups (broad SMARTS) is 1. The van der Waals surface area contributed by atoms with Gasteiger partial charge in [-0.25, -0.2) is 9.59 Å². The molecule has 1 aromatic heterocycles. The number of anilines is 1. The zero-order valence-corrected chi connectivity index (χ0v) is 15.2. The number of hydrogen-bond donors (Lipinski definition) is 2. The summed E-state index contributed by atoms with van der Waals surface area (Å²) >= 11 is 1.30. The Morgan fingerprint density at radius 3 is 2.85 bits per heavy atom. The number of thiophene rings is 1. The van der Waals surface area contributed by atoms with Gasteiger partial charge < -0.3 is 14.7 Å². The normalized spacial score (nSPS) is 17.1. The van der Waals surface area contributed by atoms with Gasteiger partial charge in [0, 0.05) is 23.2 Å². The van der Waals surface area contributed by atoms with Crippen LogP contribution in [0.4, 0.5) is 9.80 Å². The van der Waals surface area contributed by atoms with Gasteiger partial charge in [-0.15, -0.1) is 11.3 Å². The molecular weight excluding hydrogens is 356 g/mol. The summed E-state index contributed by atoms with van der Waals surface area (Å²) in [5.41, 5.74) is 0.340. The number of amides is 2. The summed E-state index contributed by atoms with van der Waals surface area (Å²) in [7, 11) is 0. The van der Waals surface area contributed by atoms with Crippen LogP contribution in [0.25, 0.3) is 10.1 Å². The van der Waals surface area contributed by atoms with E-state index in [-0.39, 0.29) is 13.2 Å². The van der Waals surface area contributed by atoms with Crippen molar-refractivity contribution in [3.63, 3.8) is 0 Å². The van der Waals surface area contributed by atoms with Crippen molar-refractivity contribution in [1.29, 1.82) is 0 Å². The van der Waals surface area contributed by atoms with Gasteiger partial charge in [0.15, 0.2) is 0 Å². The fourth-order valence-corrected chi connectivity index (χ4v) is 4.16. The number of benzene rings is 1. The minimum Gasteiger partial charge on any atom is -0.481 e. The van der Waals surface area contributed by atoms with Gasteiger partial charge in [-0.3, -0.25) is 10.1 Å². The number of ether oxygens (including phenoxy) is 1. The van der Waals surface area contributed by atoms with E-state index in [1.165, 1.54) is 16.2 Å². The van der Waals surface area contributed by atoms with E-state index >= 15 is 0 Å². The lowest BCUT2D eigenvalue weighted by Crippen LogP contribution is -2.44. The van der Waals surface area contributed by atoms with Gasteiger partial charge in [0.2, 0.25) is 0 Å². The third kappa shape index (κ3) is 3.65. The number of likely N-dealkylation sites (tertiary alicyclic amines) is 1. The number of nitrogens with zero attached hydrogens (tertiary/aromatic N) is 1. The number of carboxylic acids is 1. The lowest BCUT2D eigenvalue weighted by Gasteiger charge is -2.30. The summed E-state index contributed by atoms with van der Waals surface area (Å²) < 4.78 is 6.00. The maximum atomic E-state index is 12.6. The topological polar surface area (TPSA) is 95.9 Å². The molecule has 1 atom stereocenters. The molecule has 8 heteroatoms. The average molecular weight is 376 g/mol. The number of esters is 1. The molecule has 1 saturated heterocycles. The second kappa shape index (κ2) is 7.74. The number of aliphatic carboxylic acids is 1. The van der Waals surface area contributed by atoms with Crippen LogP contribution < -0.4 is 5.32 Å². The fraction of sp³-hybridized carbons (Fsp3) is 0.389. The first-order valence-corrected chi connectivity index (χ1v) is 9.30. The van der Waals surface area contributed by atoms with Crippen molar-refractivity contribution < 1.29 is 24.2 Å². The second-order valence-electron chi connectivity index (χ2n) is 6.08. The Balaban J connectivity index is 1.86. The number of carbonyl (C=O) groups excluding carboxylic acids is 2. The maximum Gasteiger partial charge on any atom is 0.341 e. The van der Waals surface area contributed by atoms with Gasteiger partial charge in [-0.05, 0) is 25.8 Å². The lowest BCUT2D eigenvalue weighted by atomic mass is 9.99. The Kier molecular flexibility index (Phi) is 5.41. The first-order chi connectivity index (χ1) is 12.5. The van der Waals surface area contributed by atoms with Crippen molar-refractivity contribution in [2.45, 2.75) is 19.8 Å². The molecule has 0 aliphatic carbocycles. The van der Waals surface area contributed by atoms with Crippen molar-refractivity contribution in [2.24, 2.45) is 5.92 Å². The smallest absolute Gasteiger partial charge is 0.341 e. The molecule has 7 nitrogen and oxygen atoms in total. The summed E-state index contributed by atoms with van der Waals surface area (Å²) in [5, 5.41) is 13.1. The van der Waals surface area contributed by atoms with Gasteiger partial charge in [0.1, 0.15) is 10.6 Å². The van der Waals surface area contributed by atoms with Crippen LogP contribution in [0.5, 0.6) is 0 Å². The highest BCUT2D eigenvalue weighted by molar-refractivity contribution is 7.23. The van der Waals surface area contributed by atoms with Crippen LogP contribution >= 0.6 is 11.3 Å². The monoisotopic (exact) mass is 376 g/mol. The summed E-state index contributed by atoms with van der Waals surface area (Å²) in [5.74, 6) is -1.93. The van der Waals surface area contributed by atoms with E-state index in [9.17, 15) is 19.5 Å². The summed E-state index contributed by atoms with van der Waals surface area (Å²) in [4.78, 5) is 37.7. The molecule has 2 amide bonds. The van der Waals surface area contributed by atoms with E-state index in [2.05, 4.69) is 5.32 Å². The molecule has 1 fully saturated rings. The molecule has 1 aromatic carbocycles. The van der Waals surface area contributed by atoms with E-state index in [4.69, 9.17) is 4.74 Å². The van der Waals surface area contributed by atoms with Crippen molar-refractivity contribution in [1.82, 2.24) is 4.90 Å². The predicted octanol–water partition coefficient (Wildman–Crippen LogP) is 3.41. The van der Waals surface area contributed by atoms with Gasteiger partial charge in [0.05, 0.1) is 12.5 Å². The van der Waals surface area contributed by atoms with E-state index in [0.717, 1.165) is 10.1 Å². The number of urea groups is 1. The maximum absolute atomic E-state index is 12.6. The van der Waals surface area contributed by atoms with Gasteiger partial charge in [0.25, 0.3) is 0 Å². The van der Waals surface area contributed by atoms with E-state index in [1.54, 1.807) is 6.92 Å². The summed E-state index contributed by atoms with van der Waals surface area (Å²) in [6.07, 6.45) is 1.21. The molecule has 3 rings (SSSR count). The van der Waals surface area contributed by atoms with Gasteiger partial charge in [-0.1, -0.05) is 18.2 Å². The van der Waals surface area contributed by atoms with Crippen molar-refractivity contribution in [2.75, 3.05) is 25.0 Å². The largest absolute Gasteiger partial charge is 0.481 e. The van der Waals surface area contributed by atoms with E-state index < -0.39 is 23.9 Å². The number of fused-ring (bicyclic) bond motifs is 1. The van der Waals surface area contributed by atoms with Crippen LogP contribution in [-0.4, -0.2) is 47.7 Å². The van der Waals surface area contributed by atoms with Crippen LogP contribution in [-0.2, 0) is 9.53 Å². The quantitative estimate of drug-likeness (QED) is 0.797. The fourth-order valence-electron chi connectivity index (χ4n) is 3.08. The molecule has 0 spiro atoms. The molecule has 2 heterocycles. The molecule has 1 aliphatic heterocycles. The van der Waals surface area contributed by atoms with Gasteiger partial charge >= 0.3 is 18.0 Å². The number of hydrogen-bond acceptors (Lipinski definition) is 5. The van der Waals surface area contributed by atoms with Crippen molar-refractivity contribution >= 4 is 44.4 Å². The van der Waals surface area contributed by atoms with Crippen molar-refractivity contribution in [3.05, 3.63) is 29.8 Å². The molecule has 0 saturated carbocycles. The first-order valence-electron chi connectivity index (χ1n) is 8.48. The highest BCUT2D eigenvalue weighted by atomic mass is 32.1. The van der Waals surface area contributed by atoms with E-state index in [0.29, 0.717) is 30.0 Å². The minimum absolute atomic E-state index is 0.167. The minimum atomic E-state index is -0.892. The third-order valence-electron chi connectivity index (χ3n) is 4.35. The van der Waals surface area contributed by atoms with Crippen molar-refractivity contribution in [3.8, 4) is 0 Å². The first kappa shape index (κ1) is 18.2. The molecule has 138 valence electrons. The molecule has 2 aromatic rings. The zero-order valence-electron chi connectivity index (χ0n) is 14.4. The summed E-state index contributed by atoms with van der Waals surface area (Å²) in [6, 6.07) is 6.98. The van der Waals surface area contributed by atoms with Crippen LogP contribution in [0.15, 0.2) is 24.3 Å². The predicted molar refractivity (Wildman–Crippen MR) is 98.7 cm³/mol. The number of carbonyl (C=O) groups is 3. The molecule has 1 aliphatic rings. The van der Waals surface area contributed by atoms with Crippen LogP contribution in [0.1, 0.15) is 30.1 Å². The third-order valence-corrected chi connectivity index (χ3v) is 5.44. The number of nitrogens with one attached hydrogen (secondary N) is 1. The molecule has 0 radical (unpaired) electrons. The highest BCUT2D eigenvalue weighted by Gasteiger charge is 2.29. The Labute approximate surface area is 154 Å². The standard InChI is InChI=1S/C18H20N2O5S/c1-2-25-17(23)14-12-7-3-4-8-13(12)26-15(14)19-18(24)20-9-5-6-11(10-20)16(21)22/h3-4,7-8,11H,2,5-6,9-10H2,1H3,(H,19,24)(H,21,22). The molecular formula is C18H20N2O5S. The number of rotatable bonds is 4. The highest BCUT2D eigenvalue weighted by Crippen LogP contribution is 2.36. The molecule has 26 heavy (non-hydrogen) atoms. The second-order valence-corrected chi connectivity index (χ2v) is 7.13. The Morgan fingerprint density at radius 1 is 1.35 bits per heavy atom. The Bertz CT molecular complexity index is 847. The lowest BCUT2D eigenvalue weighted by molar-refractivity contribution is -0.143. The van der Waals surface area contributed by atoms with Crippen LogP contribution in [0.3, 0.4) is 0 Å². The summed E-state index contributed by atoms with van der Waals surface area (Å²) in [6.45, 7) is 2.63. The molecule has 0 bridgehead atoms. The Morgan fingerprint density at radius 2 is 2.12 bits per heavy atom. The zero-order chi connectivity index (χ0) is 18.7. The van der Waals surface area contributed by atoms with Crippen LogP contribution in [0, 0.1) is 5.92 Å². The molecule has 2 N–H and O–H groups in total. The SMILES string of the molecule is CCOC(=O)c1c(NC(=O)N2CCCC(C(=O)O)C2)sc2ccccc12. The molecule has 1 unspecified atom stereocenters. The number of piperidine rings is 1. The van der Waals surface area contributed by atoms with Crippen LogP contribution in [0.2, 0.25) is 0 Å². The average Bonchev–Trinajstić information content (AvgIpc) is 2.99. The van der Waals surface area contributed by atoms with Gasteiger partial charge in [-0.2, -0.15) is 0 Å². The Hall–Kier alpha value is -2.61. The van der Waals surface area contributed by atoms with E-state index in [1.807, 2.05) is 24.3 Å².